The third-order valence-electron chi connectivity index (χ3n) is 4.53. The number of rotatable bonds is 4. The molecule has 0 bridgehead atoms. The maximum Gasteiger partial charge on any atom is 0.251 e. The lowest BCUT2D eigenvalue weighted by Crippen LogP contribution is -2.17. The summed E-state index contributed by atoms with van der Waals surface area (Å²) < 4.78 is 1.97. The molecule has 140 valence electrons. The van der Waals surface area contributed by atoms with Crippen LogP contribution in [-0.2, 0) is 0 Å². The molecule has 2 aromatic carbocycles. The van der Waals surface area contributed by atoms with Gasteiger partial charge in [0.15, 0.2) is 11.5 Å². The van der Waals surface area contributed by atoms with Gasteiger partial charge in [0.25, 0.3) is 5.91 Å². The zero-order chi connectivity index (χ0) is 19.7. The summed E-state index contributed by atoms with van der Waals surface area (Å²) in [5, 5.41) is 6.59. The number of aryl methyl sites for hydroxylation is 1. The first-order chi connectivity index (χ1) is 13.6. The van der Waals surface area contributed by atoms with Crippen molar-refractivity contribution in [2.24, 2.45) is 0 Å². The largest absolute Gasteiger partial charge is 0.355 e. The molecule has 0 aliphatic rings. The number of benzene rings is 2. The lowest BCUT2D eigenvalue weighted by Gasteiger charge is -2.09. The molecule has 2 N–H and O–H groups in total. The number of anilines is 2. The van der Waals surface area contributed by atoms with Crippen LogP contribution in [0.2, 0.25) is 5.02 Å². The van der Waals surface area contributed by atoms with Gasteiger partial charge in [-0.3, -0.25) is 9.20 Å². The van der Waals surface area contributed by atoms with Crippen LogP contribution in [0.3, 0.4) is 0 Å². The molecule has 2 heterocycles. The van der Waals surface area contributed by atoms with Crippen molar-refractivity contribution in [1.82, 2.24) is 19.7 Å². The van der Waals surface area contributed by atoms with Crippen LogP contribution in [0.25, 0.3) is 16.9 Å². The summed E-state index contributed by atoms with van der Waals surface area (Å²) in [6.07, 6.45) is 5.39. The number of nitrogens with one attached hydrogen (secondary N) is 2. The highest BCUT2D eigenvalue weighted by Gasteiger charge is 2.12. The Labute approximate surface area is 167 Å². The second kappa shape index (κ2) is 7.32. The van der Waals surface area contributed by atoms with Crippen molar-refractivity contribution in [2.45, 2.75) is 6.92 Å². The van der Waals surface area contributed by atoms with Crippen LogP contribution in [0.1, 0.15) is 15.9 Å². The van der Waals surface area contributed by atoms with E-state index in [0.717, 1.165) is 27.5 Å². The molecule has 0 saturated carbocycles. The van der Waals surface area contributed by atoms with Gasteiger partial charge in [-0.2, -0.15) is 0 Å². The fourth-order valence-corrected chi connectivity index (χ4v) is 3.14. The summed E-state index contributed by atoms with van der Waals surface area (Å²) >= 11 is 6.28. The molecule has 0 unspecified atom stereocenters. The van der Waals surface area contributed by atoms with Gasteiger partial charge >= 0.3 is 0 Å². The number of amides is 1. The zero-order valence-corrected chi connectivity index (χ0v) is 16.2. The first-order valence-electron chi connectivity index (χ1n) is 8.74. The Morgan fingerprint density at radius 3 is 2.61 bits per heavy atom. The van der Waals surface area contributed by atoms with E-state index >= 15 is 0 Å². The lowest BCUT2D eigenvalue weighted by molar-refractivity contribution is 0.0963. The van der Waals surface area contributed by atoms with Gasteiger partial charge in [-0.1, -0.05) is 23.7 Å². The molecule has 0 aliphatic heterocycles. The Hall–Kier alpha value is -3.38. The van der Waals surface area contributed by atoms with E-state index in [0.29, 0.717) is 17.0 Å². The Morgan fingerprint density at radius 1 is 1.11 bits per heavy atom. The van der Waals surface area contributed by atoms with Crippen molar-refractivity contribution in [1.29, 1.82) is 0 Å². The van der Waals surface area contributed by atoms with E-state index in [1.54, 1.807) is 31.6 Å². The molecular weight excluding hydrogens is 374 g/mol. The first kappa shape index (κ1) is 18.0. The molecule has 28 heavy (non-hydrogen) atoms. The highest BCUT2D eigenvalue weighted by Crippen LogP contribution is 2.28. The SMILES string of the molecule is CNC(=O)c1ccc(Nc2nccn3c(-c4ccc(C)c(Cl)c4)cnc23)cc1. The molecule has 0 saturated heterocycles. The summed E-state index contributed by atoms with van der Waals surface area (Å²) in [6.45, 7) is 1.97. The van der Waals surface area contributed by atoms with Crippen molar-refractivity contribution >= 4 is 34.7 Å². The third kappa shape index (κ3) is 3.30. The molecular formula is C21H18ClN5O. The maximum atomic E-state index is 11.7. The smallest absolute Gasteiger partial charge is 0.251 e. The van der Waals surface area contributed by atoms with Crippen molar-refractivity contribution in [2.75, 3.05) is 12.4 Å². The predicted octanol–water partition coefficient (Wildman–Crippen LogP) is 4.46. The van der Waals surface area contributed by atoms with Crippen LogP contribution in [-0.4, -0.2) is 27.3 Å². The number of fused-ring (bicyclic) bond motifs is 1. The Morgan fingerprint density at radius 2 is 1.89 bits per heavy atom. The summed E-state index contributed by atoms with van der Waals surface area (Å²) in [5.41, 5.74) is 5.05. The van der Waals surface area contributed by atoms with E-state index in [-0.39, 0.29) is 5.91 Å². The van der Waals surface area contributed by atoms with Crippen LogP contribution in [0.5, 0.6) is 0 Å². The Balaban J connectivity index is 1.68. The monoisotopic (exact) mass is 391 g/mol. The minimum absolute atomic E-state index is 0.124. The van der Waals surface area contributed by atoms with E-state index < -0.39 is 0 Å². The van der Waals surface area contributed by atoms with E-state index in [9.17, 15) is 4.79 Å². The van der Waals surface area contributed by atoms with Gasteiger partial charge in [0.1, 0.15) is 0 Å². The molecule has 0 aliphatic carbocycles. The molecule has 6 nitrogen and oxygen atoms in total. The van der Waals surface area contributed by atoms with Gasteiger partial charge in [-0.25, -0.2) is 9.97 Å². The quantitative estimate of drug-likeness (QED) is 0.538. The minimum Gasteiger partial charge on any atom is -0.355 e. The second-order valence-corrected chi connectivity index (χ2v) is 6.77. The normalized spacial score (nSPS) is 10.8. The highest BCUT2D eigenvalue weighted by molar-refractivity contribution is 6.31. The van der Waals surface area contributed by atoms with Gasteiger partial charge in [0.05, 0.1) is 11.9 Å². The van der Waals surface area contributed by atoms with E-state index in [1.807, 2.05) is 47.9 Å². The minimum atomic E-state index is -0.124. The van der Waals surface area contributed by atoms with Crippen LogP contribution in [0.4, 0.5) is 11.5 Å². The first-order valence-corrected chi connectivity index (χ1v) is 9.12. The summed E-state index contributed by atoms with van der Waals surface area (Å²) in [5.74, 6) is 0.501. The van der Waals surface area contributed by atoms with Crippen molar-refractivity contribution in [3.8, 4) is 11.3 Å². The number of halogens is 1. The molecule has 1 amide bonds. The highest BCUT2D eigenvalue weighted by atomic mass is 35.5. The number of hydrogen-bond acceptors (Lipinski definition) is 4. The summed E-state index contributed by atoms with van der Waals surface area (Å²) in [7, 11) is 1.61. The predicted molar refractivity (Wildman–Crippen MR) is 111 cm³/mol. The van der Waals surface area contributed by atoms with E-state index in [1.165, 1.54) is 0 Å². The lowest BCUT2D eigenvalue weighted by atomic mass is 10.1. The van der Waals surface area contributed by atoms with Gasteiger partial charge in [-0.15, -0.1) is 0 Å². The standard InChI is InChI=1S/C21H18ClN5O/c1-13-3-4-15(11-17(13)22)18-12-25-20-19(24-9-10-27(18)20)26-16-7-5-14(6-8-16)21(28)23-2/h3-12H,1-2H3,(H,23,28)(H,24,26). The van der Waals surface area contributed by atoms with Gasteiger partial charge in [0, 0.05) is 41.3 Å². The molecule has 7 heteroatoms. The summed E-state index contributed by atoms with van der Waals surface area (Å²) in [6, 6.07) is 13.1. The van der Waals surface area contributed by atoms with Crippen LogP contribution in [0.15, 0.2) is 61.1 Å². The molecule has 2 aromatic heterocycles. The number of nitrogens with zero attached hydrogens (tertiary/aromatic N) is 3. The van der Waals surface area contributed by atoms with Crippen molar-refractivity contribution in [3.05, 3.63) is 77.2 Å². The molecule has 0 atom stereocenters. The molecule has 0 fully saturated rings. The Bertz CT molecular complexity index is 1170. The van der Waals surface area contributed by atoms with Crippen molar-refractivity contribution < 1.29 is 4.79 Å². The number of carbonyl (C=O) groups is 1. The molecule has 4 aromatic rings. The van der Waals surface area contributed by atoms with Crippen molar-refractivity contribution in [3.63, 3.8) is 0 Å². The Kier molecular flexibility index (Phi) is 4.71. The zero-order valence-electron chi connectivity index (χ0n) is 15.4. The number of carbonyl (C=O) groups excluding carboxylic acids is 1. The van der Waals surface area contributed by atoms with Gasteiger partial charge in [-0.05, 0) is 42.8 Å². The molecule has 4 rings (SSSR count). The van der Waals surface area contributed by atoms with Crippen LogP contribution < -0.4 is 10.6 Å². The van der Waals surface area contributed by atoms with Gasteiger partial charge in [0.2, 0.25) is 0 Å². The topological polar surface area (TPSA) is 71.3 Å². The maximum absolute atomic E-state index is 11.7. The second-order valence-electron chi connectivity index (χ2n) is 6.36. The summed E-state index contributed by atoms with van der Waals surface area (Å²) in [4.78, 5) is 20.6. The number of aromatic nitrogens is 3. The fourth-order valence-electron chi connectivity index (χ4n) is 2.96. The third-order valence-corrected chi connectivity index (χ3v) is 4.94. The average Bonchev–Trinajstić information content (AvgIpc) is 3.15. The average molecular weight is 392 g/mol. The van der Waals surface area contributed by atoms with Gasteiger partial charge < -0.3 is 10.6 Å². The van der Waals surface area contributed by atoms with E-state index in [2.05, 4.69) is 20.6 Å². The fraction of sp³-hybridized carbons (Fsp3) is 0.0952. The molecule has 0 spiro atoms. The number of imidazole rings is 1. The van der Waals surface area contributed by atoms with E-state index in [4.69, 9.17) is 11.6 Å². The molecule has 0 radical (unpaired) electrons. The number of hydrogen-bond donors (Lipinski definition) is 2. The van der Waals surface area contributed by atoms with Crippen LogP contribution >= 0.6 is 11.6 Å². The van der Waals surface area contributed by atoms with Crippen LogP contribution in [0, 0.1) is 6.92 Å².